The van der Waals surface area contributed by atoms with Crippen LogP contribution >= 0.6 is 0 Å². The van der Waals surface area contributed by atoms with Gasteiger partial charge < -0.3 is 5.11 Å². The molecule has 1 aromatic heterocycles. The lowest BCUT2D eigenvalue weighted by Crippen LogP contribution is -1.97. The van der Waals surface area contributed by atoms with Gasteiger partial charge in [0.15, 0.2) is 0 Å². The van der Waals surface area contributed by atoms with E-state index in [9.17, 15) is 5.11 Å². The zero-order chi connectivity index (χ0) is 15.5. The third-order valence-electron chi connectivity index (χ3n) is 4.06. The van der Waals surface area contributed by atoms with E-state index in [-0.39, 0.29) is 6.61 Å². The zero-order valence-electron chi connectivity index (χ0n) is 12.9. The van der Waals surface area contributed by atoms with Gasteiger partial charge in [-0.3, -0.25) is 4.98 Å². The van der Waals surface area contributed by atoms with Gasteiger partial charge in [0.2, 0.25) is 0 Å². The maximum atomic E-state index is 9.69. The molecule has 3 rings (SSSR count). The van der Waals surface area contributed by atoms with Crippen molar-refractivity contribution < 1.29 is 5.11 Å². The standard InChI is InChI=1S/C20H19NO/c1-14-8-9-17(12-15(14)2)18-10-11-21-19(13-22)20(18)16-6-4-3-5-7-16/h3-12,22H,13H2,1-2H3. The van der Waals surface area contributed by atoms with Crippen LogP contribution in [0.4, 0.5) is 0 Å². The molecule has 0 atom stereocenters. The van der Waals surface area contributed by atoms with Gasteiger partial charge in [0, 0.05) is 11.8 Å². The summed E-state index contributed by atoms with van der Waals surface area (Å²) in [5, 5.41) is 9.69. The summed E-state index contributed by atoms with van der Waals surface area (Å²) in [4.78, 5) is 4.35. The summed E-state index contributed by atoms with van der Waals surface area (Å²) in [6.45, 7) is 4.17. The Hall–Kier alpha value is -2.45. The molecule has 0 aliphatic rings. The van der Waals surface area contributed by atoms with Crippen LogP contribution in [0.3, 0.4) is 0 Å². The number of hydrogen-bond donors (Lipinski definition) is 1. The Morgan fingerprint density at radius 2 is 1.64 bits per heavy atom. The second-order valence-electron chi connectivity index (χ2n) is 5.50. The van der Waals surface area contributed by atoms with E-state index in [2.05, 4.69) is 49.2 Å². The number of rotatable bonds is 3. The minimum absolute atomic E-state index is 0.0666. The molecule has 0 aliphatic heterocycles. The minimum Gasteiger partial charge on any atom is -0.390 e. The van der Waals surface area contributed by atoms with E-state index >= 15 is 0 Å². The van der Waals surface area contributed by atoms with Gasteiger partial charge in [-0.2, -0.15) is 0 Å². The Kier molecular flexibility index (Phi) is 4.03. The largest absolute Gasteiger partial charge is 0.390 e. The lowest BCUT2D eigenvalue weighted by Gasteiger charge is -2.14. The lowest BCUT2D eigenvalue weighted by molar-refractivity contribution is 0.277. The normalized spacial score (nSPS) is 10.7. The summed E-state index contributed by atoms with van der Waals surface area (Å²) in [5.41, 5.74) is 7.59. The summed E-state index contributed by atoms with van der Waals surface area (Å²) in [6.07, 6.45) is 1.77. The van der Waals surface area contributed by atoms with Crippen molar-refractivity contribution in [2.75, 3.05) is 0 Å². The van der Waals surface area contributed by atoms with Gasteiger partial charge in [0.1, 0.15) is 0 Å². The maximum absolute atomic E-state index is 9.69. The molecule has 1 N–H and O–H groups in total. The van der Waals surface area contributed by atoms with Crippen molar-refractivity contribution in [2.45, 2.75) is 20.5 Å². The van der Waals surface area contributed by atoms with Crippen LogP contribution in [0, 0.1) is 13.8 Å². The lowest BCUT2D eigenvalue weighted by atomic mass is 9.92. The molecule has 3 aromatic rings. The Morgan fingerprint density at radius 3 is 2.32 bits per heavy atom. The number of aliphatic hydroxyl groups excluding tert-OH is 1. The van der Waals surface area contributed by atoms with E-state index in [1.54, 1.807) is 6.20 Å². The van der Waals surface area contributed by atoms with Crippen molar-refractivity contribution in [1.82, 2.24) is 4.98 Å². The van der Waals surface area contributed by atoms with E-state index < -0.39 is 0 Å². The third-order valence-corrected chi connectivity index (χ3v) is 4.06. The van der Waals surface area contributed by atoms with Crippen LogP contribution in [0.2, 0.25) is 0 Å². The molecule has 0 bridgehead atoms. The first-order chi connectivity index (χ1) is 10.7. The molecule has 0 spiro atoms. The SMILES string of the molecule is Cc1ccc(-c2ccnc(CO)c2-c2ccccc2)cc1C. The van der Waals surface area contributed by atoms with Crippen LogP contribution in [0.25, 0.3) is 22.3 Å². The number of aliphatic hydroxyl groups is 1. The molecule has 110 valence electrons. The average Bonchev–Trinajstić information content (AvgIpc) is 2.57. The molecule has 0 fully saturated rings. The van der Waals surface area contributed by atoms with Crippen LogP contribution in [0.5, 0.6) is 0 Å². The van der Waals surface area contributed by atoms with Crippen molar-refractivity contribution in [1.29, 1.82) is 0 Å². The first-order valence-electron chi connectivity index (χ1n) is 7.42. The topological polar surface area (TPSA) is 33.1 Å². The number of hydrogen-bond acceptors (Lipinski definition) is 2. The molecular weight excluding hydrogens is 270 g/mol. The highest BCUT2D eigenvalue weighted by atomic mass is 16.3. The number of benzene rings is 2. The van der Waals surface area contributed by atoms with Gasteiger partial charge in [-0.1, -0.05) is 48.5 Å². The van der Waals surface area contributed by atoms with E-state index in [1.165, 1.54) is 11.1 Å². The van der Waals surface area contributed by atoms with Crippen molar-refractivity contribution in [3.05, 3.63) is 77.6 Å². The van der Waals surface area contributed by atoms with Gasteiger partial charge in [-0.15, -0.1) is 0 Å². The van der Waals surface area contributed by atoms with Gasteiger partial charge in [0.25, 0.3) is 0 Å². The van der Waals surface area contributed by atoms with Crippen molar-refractivity contribution in [3.63, 3.8) is 0 Å². The first-order valence-corrected chi connectivity index (χ1v) is 7.42. The first kappa shape index (κ1) is 14.5. The number of pyridine rings is 1. The van der Waals surface area contributed by atoms with Crippen LogP contribution in [-0.4, -0.2) is 10.1 Å². The second-order valence-corrected chi connectivity index (χ2v) is 5.50. The quantitative estimate of drug-likeness (QED) is 0.768. The third kappa shape index (κ3) is 2.66. The van der Waals surface area contributed by atoms with Crippen LogP contribution < -0.4 is 0 Å². The average molecular weight is 289 g/mol. The highest BCUT2D eigenvalue weighted by Crippen LogP contribution is 2.34. The summed E-state index contributed by atoms with van der Waals surface area (Å²) in [7, 11) is 0. The van der Waals surface area contributed by atoms with Gasteiger partial charge in [0.05, 0.1) is 12.3 Å². The summed E-state index contributed by atoms with van der Waals surface area (Å²) >= 11 is 0. The van der Waals surface area contributed by atoms with Crippen LogP contribution in [0.1, 0.15) is 16.8 Å². The van der Waals surface area contributed by atoms with E-state index in [1.807, 2.05) is 24.3 Å². The molecule has 2 nitrogen and oxygen atoms in total. The Labute approximate surface area is 131 Å². The Balaban J connectivity index is 2.26. The van der Waals surface area contributed by atoms with Crippen molar-refractivity contribution in [2.24, 2.45) is 0 Å². The fourth-order valence-corrected chi connectivity index (χ4v) is 2.70. The number of aromatic nitrogens is 1. The molecule has 22 heavy (non-hydrogen) atoms. The Bertz CT molecular complexity index is 794. The molecule has 0 saturated heterocycles. The molecule has 0 radical (unpaired) electrons. The molecule has 2 heteroatoms. The molecule has 0 saturated carbocycles. The monoisotopic (exact) mass is 289 g/mol. The summed E-state index contributed by atoms with van der Waals surface area (Å²) in [6, 6.07) is 18.6. The smallest absolute Gasteiger partial charge is 0.0859 e. The molecule has 0 unspecified atom stereocenters. The zero-order valence-corrected chi connectivity index (χ0v) is 12.9. The molecular formula is C20H19NO. The van der Waals surface area contributed by atoms with Gasteiger partial charge in [-0.05, 0) is 47.7 Å². The molecule has 0 amide bonds. The van der Waals surface area contributed by atoms with Gasteiger partial charge in [-0.25, -0.2) is 0 Å². The second kappa shape index (κ2) is 6.12. The van der Waals surface area contributed by atoms with Crippen molar-refractivity contribution in [3.8, 4) is 22.3 Å². The summed E-state index contributed by atoms with van der Waals surface area (Å²) in [5.74, 6) is 0. The molecule has 1 heterocycles. The molecule has 2 aromatic carbocycles. The number of aryl methyl sites for hydroxylation is 2. The Morgan fingerprint density at radius 1 is 0.864 bits per heavy atom. The van der Waals surface area contributed by atoms with E-state index in [0.29, 0.717) is 5.69 Å². The fraction of sp³-hybridized carbons (Fsp3) is 0.150. The highest BCUT2D eigenvalue weighted by Gasteiger charge is 2.13. The minimum atomic E-state index is -0.0666. The predicted molar refractivity (Wildman–Crippen MR) is 90.5 cm³/mol. The van der Waals surface area contributed by atoms with E-state index in [0.717, 1.165) is 22.3 Å². The maximum Gasteiger partial charge on any atom is 0.0859 e. The molecule has 0 aliphatic carbocycles. The van der Waals surface area contributed by atoms with E-state index in [4.69, 9.17) is 0 Å². The van der Waals surface area contributed by atoms with Crippen LogP contribution in [-0.2, 0) is 6.61 Å². The number of nitrogens with zero attached hydrogens (tertiary/aromatic N) is 1. The summed E-state index contributed by atoms with van der Waals surface area (Å²) < 4.78 is 0. The van der Waals surface area contributed by atoms with Crippen molar-refractivity contribution >= 4 is 0 Å². The highest BCUT2D eigenvalue weighted by molar-refractivity contribution is 5.85. The van der Waals surface area contributed by atoms with Gasteiger partial charge >= 0.3 is 0 Å². The predicted octanol–water partition coefficient (Wildman–Crippen LogP) is 4.52. The van der Waals surface area contributed by atoms with Crippen LogP contribution in [0.15, 0.2) is 60.8 Å². The fourth-order valence-electron chi connectivity index (χ4n) is 2.70.